The summed E-state index contributed by atoms with van der Waals surface area (Å²) >= 11 is 1.37. The minimum Gasteiger partial charge on any atom is -0.378 e. The van der Waals surface area contributed by atoms with E-state index in [2.05, 4.69) is 20.8 Å². The molecule has 2 heterocycles. The SMILES string of the molecule is CC(C)NC(=O)CSc1nnc(CNc2ccc(F)cc2)n1CC1CCCO1. The Balaban J connectivity index is 1.68. The fraction of sp³-hybridized carbons (Fsp3) is 0.526. The summed E-state index contributed by atoms with van der Waals surface area (Å²) in [4.78, 5) is 12.0. The van der Waals surface area contributed by atoms with Gasteiger partial charge in [0.2, 0.25) is 5.91 Å². The third-order valence-corrected chi connectivity index (χ3v) is 5.25. The zero-order valence-corrected chi connectivity index (χ0v) is 17.0. The van der Waals surface area contributed by atoms with Gasteiger partial charge in [0.05, 0.1) is 24.9 Å². The molecule has 1 aliphatic rings. The van der Waals surface area contributed by atoms with Crippen molar-refractivity contribution in [3.63, 3.8) is 0 Å². The van der Waals surface area contributed by atoms with Crippen LogP contribution in [0.5, 0.6) is 0 Å². The second-order valence-corrected chi connectivity index (χ2v) is 7.96. The molecule has 152 valence electrons. The van der Waals surface area contributed by atoms with Crippen LogP contribution in [-0.2, 0) is 22.6 Å². The lowest BCUT2D eigenvalue weighted by Gasteiger charge is -2.15. The van der Waals surface area contributed by atoms with E-state index in [1.165, 1.54) is 23.9 Å². The Morgan fingerprint density at radius 3 is 2.82 bits per heavy atom. The minimum atomic E-state index is -0.273. The van der Waals surface area contributed by atoms with Gasteiger partial charge >= 0.3 is 0 Å². The molecule has 0 spiro atoms. The number of halogens is 1. The summed E-state index contributed by atoms with van der Waals surface area (Å²) < 4.78 is 20.8. The topological polar surface area (TPSA) is 81.1 Å². The number of nitrogens with zero attached hydrogens (tertiary/aromatic N) is 3. The van der Waals surface area contributed by atoms with Crippen LogP contribution in [0.2, 0.25) is 0 Å². The lowest BCUT2D eigenvalue weighted by molar-refractivity contribution is -0.119. The van der Waals surface area contributed by atoms with Crippen LogP contribution >= 0.6 is 11.8 Å². The highest BCUT2D eigenvalue weighted by atomic mass is 32.2. The van der Waals surface area contributed by atoms with Crippen molar-refractivity contribution in [2.75, 3.05) is 17.7 Å². The van der Waals surface area contributed by atoms with Gasteiger partial charge < -0.3 is 19.9 Å². The number of benzene rings is 1. The molecule has 9 heteroatoms. The number of carbonyl (C=O) groups is 1. The van der Waals surface area contributed by atoms with Crippen molar-refractivity contribution < 1.29 is 13.9 Å². The van der Waals surface area contributed by atoms with Gasteiger partial charge in [-0.25, -0.2) is 4.39 Å². The molecule has 1 aromatic carbocycles. The first-order valence-electron chi connectivity index (χ1n) is 9.46. The van der Waals surface area contributed by atoms with E-state index in [9.17, 15) is 9.18 Å². The zero-order chi connectivity index (χ0) is 19.9. The first kappa shape index (κ1) is 20.6. The van der Waals surface area contributed by atoms with Crippen LogP contribution in [0.25, 0.3) is 0 Å². The molecule has 1 unspecified atom stereocenters. The van der Waals surface area contributed by atoms with Crippen molar-refractivity contribution in [3.05, 3.63) is 35.9 Å². The predicted octanol–water partition coefficient (Wildman–Crippen LogP) is 2.83. The third kappa shape index (κ3) is 5.93. The molecule has 1 aromatic heterocycles. The van der Waals surface area contributed by atoms with E-state index in [0.717, 1.165) is 31.0 Å². The molecule has 1 fully saturated rings. The number of amides is 1. The van der Waals surface area contributed by atoms with E-state index >= 15 is 0 Å². The summed E-state index contributed by atoms with van der Waals surface area (Å²) in [5.74, 6) is 0.738. The number of carbonyl (C=O) groups excluding carboxylic acids is 1. The number of hydrogen-bond donors (Lipinski definition) is 2. The quantitative estimate of drug-likeness (QED) is 0.622. The molecule has 0 radical (unpaired) electrons. The molecular formula is C19H26FN5O2S. The predicted molar refractivity (Wildman–Crippen MR) is 107 cm³/mol. The lowest BCUT2D eigenvalue weighted by Crippen LogP contribution is -2.31. The first-order chi connectivity index (χ1) is 13.5. The average molecular weight is 408 g/mol. The Morgan fingerprint density at radius 1 is 1.36 bits per heavy atom. The Bertz CT molecular complexity index is 775. The summed E-state index contributed by atoms with van der Waals surface area (Å²) in [5, 5.41) is 15.4. The maximum atomic E-state index is 13.1. The molecule has 3 rings (SSSR count). The standard InChI is InChI=1S/C19H26FN5O2S/c1-13(2)22-18(26)12-28-19-24-23-17(25(19)11-16-4-3-9-27-16)10-21-15-7-5-14(20)6-8-15/h5-8,13,16,21H,3-4,9-12H2,1-2H3,(H,22,26). The fourth-order valence-corrected chi connectivity index (χ4v) is 3.75. The molecule has 0 aliphatic carbocycles. The van der Waals surface area contributed by atoms with E-state index in [-0.39, 0.29) is 29.6 Å². The van der Waals surface area contributed by atoms with Crippen molar-refractivity contribution in [2.24, 2.45) is 0 Å². The summed E-state index contributed by atoms with van der Waals surface area (Å²) in [6.45, 7) is 5.74. The summed E-state index contributed by atoms with van der Waals surface area (Å²) in [7, 11) is 0. The smallest absolute Gasteiger partial charge is 0.230 e. The van der Waals surface area contributed by atoms with Gasteiger partial charge in [-0.2, -0.15) is 0 Å². The molecule has 1 amide bonds. The van der Waals surface area contributed by atoms with Gasteiger partial charge in [-0.05, 0) is 51.0 Å². The van der Waals surface area contributed by atoms with E-state index in [4.69, 9.17) is 4.74 Å². The van der Waals surface area contributed by atoms with E-state index in [0.29, 0.717) is 18.2 Å². The second kappa shape index (κ2) is 9.88. The summed E-state index contributed by atoms with van der Waals surface area (Å²) in [6.07, 6.45) is 2.18. The monoisotopic (exact) mass is 407 g/mol. The number of ether oxygens (including phenoxy) is 1. The normalized spacial score (nSPS) is 16.5. The van der Waals surface area contributed by atoms with Gasteiger partial charge in [0.1, 0.15) is 5.82 Å². The molecule has 1 aliphatic heterocycles. The number of nitrogens with one attached hydrogen (secondary N) is 2. The zero-order valence-electron chi connectivity index (χ0n) is 16.2. The van der Waals surface area contributed by atoms with Gasteiger partial charge in [-0.3, -0.25) is 4.79 Å². The van der Waals surface area contributed by atoms with Crippen molar-refractivity contribution >= 4 is 23.4 Å². The molecule has 7 nitrogen and oxygen atoms in total. The molecule has 2 aromatic rings. The van der Waals surface area contributed by atoms with Crippen molar-refractivity contribution in [2.45, 2.75) is 57.1 Å². The molecule has 28 heavy (non-hydrogen) atoms. The van der Waals surface area contributed by atoms with Gasteiger partial charge in [-0.15, -0.1) is 10.2 Å². The maximum Gasteiger partial charge on any atom is 0.230 e. The average Bonchev–Trinajstić information content (AvgIpc) is 3.30. The van der Waals surface area contributed by atoms with Gasteiger partial charge in [0.25, 0.3) is 0 Å². The highest BCUT2D eigenvalue weighted by Gasteiger charge is 2.21. The van der Waals surface area contributed by atoms with Crippen LogP contribution in [0.3, 0.4) is 0 Å². The Kier molecular flexibility index (Phi) is 7.27. The van der Waals surface area contributed by atoms with Crippen molar-refractivity contribution in [1.82, 2.24) is 20.1 Å². The highest BCUT2D eigenvalue weighted by molar-refractivity contribution is 7.99. The Labute approximate surface area is 168 Å². The summed E-state index contributed by atoms with van der Waals surface area (Å²) in [5.41, 5.74) is 0.804. The molecule has 0 bridgehead atoms. The molecule has 1 saturated heterocycles. The van der Waals surface area contributed by atoms with Crippen LogP contribution < -0.4 is 10.6 Å². The highest BCUT2D eigenvalue weighted by Crippen LogP contribution is 2.22. The van der Waals surface area contributed by atoms with Crippen LogP contribution in [0.4, 0.5) is 10.1 Å². The number of anilines is 1. The number of rotatable bonds is 9. The second-order valence-electron chi connectivity index (χ2n) is 7.02. The summed E-state index contributed by atoms with van der Waals surface area (Å²) in [6, 6.07) is 6.29. The Morgan fingerprint density at radius 2 is 2.14 bits per heavy atom. The third-order valence-electron chi connectivity index (χ3n) is 4.28. The van der Waals surface area contributed by atoms with Gasteiger partial charge in [-0.1, -0.05) is 11.8 Å². The molecular weight excluding hydrogens is 381 g/mol. The van der Waals surface area contributed by atoms with Gasteiger partial charge in [0.15, 0.2) is 11.0 Å². The Hall–Kier alpha value is -2.13. The number of aromatic nitrogens is 3. The largest absolute Gasteiger partial charge is 0.378 e. The van der Waals surface area contributed by atoms with Crippen molar-refractivity contribution in [3.8, 4) is 0 Å². The minimum absolute atomic E-state index is 0.0300. The van der Waals surface area contributed by atoms with E-state index < -0.39 is 0 Å². The van der Waals surface area contributed by atoms with Crippen LogP contribution in [0, 0.1) is 5.82 Å². The number of hydrogen-bond acceptors (Lipinski definition) is 6. The fourth-order valence-electron chi connectivity index (χ4n) is 2.97. The number of thioether (sulfide) groups is 1. The van der Waals surface area contributed by atoms with Crippen LogP contribution in [0.15, 0.2) is 29.4 Å². The molecule has 1 atom stereocenters. The maximum absolute atomic E-state index is 13.1. The van der Waals surface area contributed by atoms with Crippen LogP contribution in [-0.4, -0.2) is 45.2 Å². The first-order valence-corrected chi connectivity index (χ1v) is 10.4. The lowest BCUT2D eigenvalue weighted by atomic mass is 10.2. The van der Waals surface area contributed by atoms with Crippen molar-refractivity contribution in [1.29, 1.82) is 0 Å². The molecule has 2 N–H and O–H groups in total. The van der Waals surface area contributed by atoms with E-state index in [1.54, 1.807) is 12.1 Å². The van der Waals surface area contributed by atoms with Gasteiger partial charge in [0, 0.05) is 18.3 Å². The van der Waals surface area contributed by atoms with E-state index in [1.807, 2.05) is 18.4 Å². The van der Waals surface area contributed by atoms with Crippen LogP contribution in [0.1, 0.15) is 32.5 Å². The molecule has 0 saturated carbocycles.